The maximum Gasteiger partial charge on any atom is 0.326 e. The molecule has 0 spiro atoms. The number of rotatable bonds is 29. The lowest BCUT2D eigenvalue weighted by molar-refractivity contribution is -0.143. The number of carboxylic acids is 2. The molecule has 1 unspecified atom stereocenters. The summed E-state index contributed by atoms with van der Waals surface area (Å²) >= 11 is 1.33. The Hall–Kier alpha value is -5.36. The van der Waals surface area contributed by atoms with E-state index in [4.69, 9.17) is 11.5 Å². The summed E-state index contributed by atoms with van der Waals surface area (Å²) in [7, 11) is 0. The van der Waals surface area contributed by atoms with Crippen molar-refractivity contribution in [2.45, 2.75) is 94.2 Å². The summed E-state index contributed by atoms with van der Waals surface area (Å²) in [5.74, 6) is -8.87. The summed E-state index contributed by atoms with van der Waals surface area (Å²) in [6.45, 7) is -0.508. The third kappa shape index (κ3) is 20.3. The van der Waals surface area contributed by atoms with Crippen LogP contribution in [0.25, 0.3) is 0 Å². The molecule has 0 heterocycles. The second-order valence-electron chi connectivity index (χ2n) is 13.3. The summed E-state index contributed by atoms with van der Waals surface area (Å²) in [6.07, 6.45) is -0.210. The first-order valence-corrected chi connectivity index (χ1v) is 20.1. The number of aliphatic hydroxyl groups excluding tert-OH is 2. The van der Waals surface area contributed by atoms with Gasteiger partial charge in [-0.2, -0.15) is 11.8 Å². The predicted octanol–water partition coefficient (Wildman–Crippen LogP) is -4.58. The Bertz CT molecular complexity index is 1570. The van der Waals surface area contributed by atoms with Crippen LogP contribution in [0, 0.1) is 0 Å². The standard InChI is InChI=1S/C36H57N9O13S/c1-20(47)30(35(56)44-26(19-46)34(55)41-22(11-12-29(50)51)31(52)43-24(36(57)58)10-6-7-14-37)45-32(53)23(13-15-59-2)42-33(54)25(16-21-8-4-3-5-9-21)40-28(49)18-39-27(48)17-38/h3-5,8-9,20,22-26,30,46-47H,6-7,10-19,37-38H2,1-2H3,(H,39,48)(H,40,49)(H,41,55)(H,42,54)(H,43,52)(H,44,56)(H,45,53)(H,50,51)(H,57,58)/t20?,22-,23-,24-,25-,26-,30-/m0/s1. The van der Waals surface area contributed by atoms with Crippen LogP contribution in [0.2, 0.25) is 0 Å². The molecular formula is C36H57N9O13S. The molecule has 0 radical (unpaired) electrons. The molecule has 1 rings (SSSR count). The molecule has 1 aromatic rings. The Kier molecular flexibility index (Phi) is 24.6. The average molecular weight is 856 g/mol. The van der Waals surface area contributed by atoms with Crippen molar-refractivity contribution in [1.82, 2.24) is 37.2 Å². The van der Waals surface area contributed by atoms with E-state index in [1.54, 1.807) is 36.6 Å². The molecule has 0 saturated heterocycles. The minimum absolute atomic E-state index is 0.0111. The highest BCUT2D eigenvalue weighted by Crippen LogP contribution is 2.09. The lowest BCUT2D eigenvalue weighted by Crippen LogP contribution is -2.62. The van der Waals surface area contributed by atoms with Crippen molar-refractivity contribution in [3.8, 4) is 0 Å². The number of benzene rings is 1. The Morgan fingerprint density at radius 2 is 1.24 bits per heavy atom. The lowest BCUT2D eigenvalue weighted by atomic mass is 10.0. The van der Waals surface area contributed by atoms with Gasteiger partial charge in [0.2, 0.25) is 41.4 Å². The minimum atomic E-state index is -1.82. The molecule has 7 amide bonds. The first-order valence-electron chi connectivity index (χ1n) is 18.7. The molecule has 22 nitrogen and oxygen atoms in total. The molecule has 0 aliphatic heterocycles. The van der Waals surface area contributed by atoms with Crippen molar-refractivity contribution in [3.05, 3.63) is 35.9 Å². The van der Waals surface area contributed by atoms with E-state index in [0.29, 0.717) is 24.2 Å². The molecule has 15 N–H and O–H groups in total. The van der Waals surface area contributed by atoms with Crippen LogP contribution in [0.5, 0.6) is 0 Å². The fraction of sp³-hybridized carbons (Fsp3) is 0.583. The van der Waals surface area contributed by atoms with Gasteiger partial charge in [0.25, 0.3) is 0 Å². The van der Waals surface area contributed by atoms with Gasteiger partial charge >= 0.3 is 11.9 Å². The summed E-state index contributed by atoms with van der Waals surface area (Å²) in [5.41, 5.74) is 11.4. The second-order valence-corrected chi connectivity index (χ2v) is 14.3. The zero-order valence-corrected chi connectivity index (χ0v) is 33.8. The predicted molar refractivity (Wildman–Crippen MR) is 213 cm³/mol. The van der Waals surface area contributed by atoms with Crippen LogP contribution in [-0.2, 0) is 49.6 Å². The van der Waals surface area contributed by atoms with Gasteiger partial charge in [0.1, 0.15) is 36.3 Å². The number of nitrogens with two attached hydrogens (primary N) is 2. The lowest BCUT2D eigenvalue weighted by Gasteiger charge is -2.28. The maximum atomic E-state index is 13.6. The third-order valence-corrected chi connectivity index (χ3v) is 9.17. The van der Waals surface area contributed by atoms with Crippen LogP contribution in [0.3, 0.4) is 0 Å². The number of carbonyl (C=O) groups is 9. The van der Waals surface area contributed by atoms with Crippen molar-refractivity contribution in [1.29, 1.82) is 0 Å². The summed E-state index contributed by atoms with van der Waals surface area (Å²) in [6, 6.07) is -0.580. The molecule has 1 aromatic carbocycles. The molecule has 23 heteroatoms. The van der Waals surface area contributed by atoms with Gasteiger partial charge in [0, 0.05) is 12.8 Å². The van der Waals surface area contributed by atoms with Crippen LogP contribution in [0.4, 0.5) is 0 Å². The number of hydrogen-bond acceptors (Lipinski definition) is 14. The van der Waals surface area contributed by atoms with Gasteiger partial charge in [0.05, 0.1) is 25.8 Å². The van der Waals surface area contributed by atoms with E-state index in [9.17, 15) is 63.6 Å². The Labute approximate surface area is 345 Å². The molecule has 0 saturated carbocycles. The van der Waals surface area contributed by atoms with Crippen molar-refractivity contribution >= 4 is 65.1 Å². The van der Waals surface area contributed by atoms with Gasteiger partial charge in [-0.25, -0.2) is 4.79 Å². The van der Waals surface area contributed by atoms with Gasteiger partial charge in [-0.05, 0) is 63.1 Å². The van der Waals surface area contributed by atoms with Crippen LogP contribution in [0.15, 0.2) is 30.3 Å². The highest BCUT2D eigenvalue weighted by atomic mass is 32.2. The highest BCUT2D eigenvalue weighted by Gasteiger charge is 2.35. The zero-order valence-electron chi connectivity index (χ0n) is 32.9. The van der Waals surface area contributed by atoms with Crippen molar-refractivity contribution in [3.63, 3.8) is 0 Å². The first-order chi connectivity index (χ1) is 28.0. The molecule has 330 valence electrons. The number of carboxylic acid groups (broad SMARTS) is 2. The van der Waals surface area contributed by atoms with E-state index in [1.165, 1.54) is 11.8 Å². The van der Waals surface area contributed by atoms with E-state index in [1.807, 2.05) is 0 Å². The Morgan fingerprint density at radius 3 is 1.78 bits per heavy atom. The number of hydrogen-bond donors (Lipinski definition) is 13. The number of thioether (sulfide) groups is 1. The van der Waals surface area contributed by atoms with Gasteiger partial charge in [-0.1, -0.05) is 30.3 Å². The van der Waals surface area contributed by atoms with Crippen molar-refractivity contribution in [2.24, 2.45) is 11.5 Å². The molecule has 0 bridgehead atoms. The zero-order chi connectivity index (χ0) is 44.5. The topological polar surface area (TPSA) is 371 Å². The van der Waals surface area contributed by atoms with Gasteiger partial charge in [-0.3, -0.25) is 38.4 Å². The molecule has 0 aliphatic rings. The van der Waals surface area contributed by atoms with Crippen LogP contribution in [-0.4, -0.2) is 154 Å². The molecule has 0 fully saturated rings. The summed E-state index contributed by atoms with van der Waals surface area (Å²) in [5, 5.41) is 55.6. The number of unbranched alkanes of at least 4 members (excludes halogenated alkanes) is 1. The Balaban J connectivity index is 3.20. The number of carbonyl (C=O) groups excluding carboxylic acids is 7. The number of amides is 7. The third-order valence-electron chi connectivity index (χ3n) is 8.53. The largest absolute Gasteiger partial charge is 0.481 e. The van der Waals surface area contributed by atoms with E-state index < -0.39 is 122 Å². The van der Waals surface area contributed by atoms with E-state index in [2.05, 4.69) is 37.2 Å². The van der Waals surface area contributed by atoms with Gasteiger partial charge in [-0.15, -0.1) is 0 Å². The number of aliphatic hydroxyl groups is 2. The fourth-order valence-electron chi connectivity index (χ4n) is 5.28. The molecule has 0 aromatic heterocycles. The second kappa shape index (κ2) is 28.1. The molecule has 59 heavy (non-hydrogen) atoms. The van der Waals surface area contributed by atoms with Crippen LogP contribution in [0.1, 0.15) is 51.0 Å². The monoisotopic (exact) mass is 855 g/mol. The summed E-state index contributed by atoms with van der Waals surface area (Å²) < 4.78 is 0. The summed E-state index contributed by atoms with van der Waals surface area (Å²) in [4.78, 5) is 114. The van der Waals surface area contributed by atoms with E-state index >= 15 is 0 Å². The van der Waals surface area contributed by atoms with Gasteiger partial charge in [0.15, 0.2) is 0 Å². The molecule has 7 atom stereocenters. The fourth-order valence-corrected chi connectivity index (χ4v) is 5.75. The van der Waals surface area contributed by atoms with Crippen LogP contribution >= 0.6 is 11.8 Å². The van der Waals surface area contributed by atoms with Crippen molar-refractivity contribution < 1.29 is 63.6 Å². The van der Waals surface area contributed by atoms with E-state index in [0.717, 1.165) is 6.92 Å². The number of aliphatic carboxylic acids is 2. The normalized spacial score (nSPS) is 14.4. The van der Waals surface area contributed by atoms with Gasteiger partial charge < -0.3 is 69.1 Å². The smallest absolute Gasteiger partial charge is 0.326 e. The average Bonchev–Trinajstić information content (AvgIpc) is 3.20. The maximum absolute atomic E-state index is 13.6. The highest BCUT2D eigenvalue weighted by molar-refractivity contribution is 7.98. The Morgan fingerprint density at radius 1 is 0.678 bits per heavy atom. The SMILES string of the molecule is CSCC[C@H](NC(=O)[C@H](Cc1ccccc1)NC(=O)CNC(=O)CN)C(=O)N[C@H](C(=O)N[C@@H](CO)C(=O)N[C@@H](CCC(=O)O)C(=O)N[C@@H](CCCCN)C(=O)O)C(C)O. The van der Waals surface area contributed by atoms with Crippen LogP contribution < -0.4 is 48.7 Å². The minimum Gasteiger partial charge on any atom is -0.481 e. The van der Waals surface area contributed by atoms with E-state index in [-0.39, 0.29) is 32.4 Å². The first kappa shape index (κ1) is 51.7. The molecule has 0 aliphatic carbocycles. The quantitative estimate of drug-likeness (QED) is 0.0337. The van der Waals surface area contributed by atoms with Crippen molar-refractivity contribution in [2.75, 3.05) is 38.2 Å². The molecular weight excluding hydrogens is 799 g/mol. The number of nitrogens with one attached hydrogen (secondary N) is 7.